The largest absolute Gasteiger partial charge is 0.264 e. The third kappa shape index (κ3) is 3.57. The van der Waals surface area contributed by atoms with Crippen LogP contribution in [0.5, 0.6) is 0 Å². The summed E-state index contributed by atoms with van der Waals surface area (Å²) >= 11 is 0. The van der Waals surface area contributed by atoms with Crippen molar-refractivity contribution in [3.8, 4) is 0 Å². The van der Waals surface area contributed by atoms with E-state index in [2.05, 4.69) is 78.6 Å². The standard InChI is InChI=1S/C23H27N3/c1-17-8-12-19(13-9-17)22-16-23(20-14-10-18(2)11-15-20)26(25-24-22)21-6-4-3-5-7-21/h8-16,21,23H,3-7H2,1-2H3. The highest BCUT2D eigenvalue weighted by atomic mass is 15.6. The van der Waals surface area contributed by atoms with Gasteiger partial charge in [-0.2, -0.15) is 0 Å². The van der Waals surface area contributed by atoms with Crippen LogP contribution in [0.1, 0.15) is 60.4 Å². The van der Waals surface area contributed by atoms with Gasteiger partial charge in [0.25, 0.3) is 0 Å². The van der Waals surface area contributed by atoms with Crippen LogP contribution in [0.2, 0.25) is 0 Å². The molecule has 0 aromatic heterocycles. The Labute approximate surface area is 156 Å². The summed E-state index contributed by atoms with van der Waals surface area (Å²) in [4.78, 5) is 0. The van der Waals surface area contributed by atoms with Crippen molar-refractivity contribution in [2.45, 2.75) is 58.0 Å². The zero-order valence-electron chi connectivity index (χ0n) is 15.7. The number of benzene rings is 2. The summed E-state index contributed by atoms with van der Waals surface area (Å²) in [7, 11) is 0. The van der Waals surface area contributed by atoms with Gasteiger partial charge >= 0.3 is 0 Å². The highest BCUT2D eigenvalue weighted by molar-refractivity contribution is 5.65. The average Bonchev–Trinajstić information content (AvgIpc) is 2.69. The fourth-order valence-corrected chi connectivity index (χ4v) is 3.95. The Morgan fingerprint density at radius 1 is 0.808 bits per heavy atom. The first-order valence-corrected chi connectivity index (χ1v) is 9.76. The molecule has 134 valence electrons. The summed E-state index contributed by atoms with van der Waals surface area (Å²) in [6.45, 7) is 4.25. The molecule has 1 unspecified atom stereocenters. The Morgan fingerprint density at radius 2 is 1.42 bits per heavy atom. The van der Waals surface area contributed by atoms with Crippen molar-refractivity contribution in [1.82, 2.24) is 5.01 Å². The summed E-state index contributed by atoms with van der Waals surface area (Å²) in [5.74, 6) is 0. The second kappa shape index (κ2) is 7.45. The molecule has 0 saturated heterocycles. The van der Waals surface area contributed by atoms with Crippen molar-refractivity contribution in [3.63, 3.8) is 0 Å². The van der Waals surface area contributed by atoms with Crippen LogP contribution in [0.25, 0.3) is 5.70 Å². The third-order valence-electron chi connectivity index (χ3n) is 5.57. The van der Waals surface area contributed by atoms with Gasteiger partial charge < -0.3 is 0 Å². The van der Waals surface area contributed by atoms with E-state index in [1.807, 2.05) is 0 Å². The van der Waals surface area contributed by atoms with Crippen molar-refractivity contribution < 1.29 is 0 Å². The van der Waals surface area contributed by atoms with Crippen LogP contribution in [0.4, 0.5) is 0 Å². The zero-order chi connectivity index (χ0) is 17.9. The van der Waals surface area contributed by atoms with Crippen molar-refractivity contribution in [2.24, 2.45) is 10.3 Å². The summed E-state index contributed by atoms with van der Waals surface area (Å²) in [5, 5.41) is 11.5. The van der Waals surface area contributed by atoms with Gasteiger partial charge in [0.05, 0.1) is 11.7 Å². The van der Waals surface area contributed by atoms with Crippen molar-refractivity contribution in [1.29, 1.82) is 0 Å². The maximum atomic E-state index is 4.70. The lowest BCUT2D eigenvalue weighted by Gasteiger charge is -2.37. The Hall–Kier alpha value is -2.42. The maximum absolute atomic E-state index is 4.70. The van der Waals surface area contributed by atoms with Crippen LogP contribution in [0, 0.1) is 13.8 Å². The quantitative estimate of drug-likeness (QED) is 0.632. The normalized spacial score (nSPS) is 20.9. The molecule has 1 atom stereocenters. The molecule has 3 nitrogen and oxygen atoms in total. The summed E-state index contributed by atoms with van der Waals surface area (Å²) in [6, 6.07) is 18.1. The number of hydrogen-bond acceptors (Lipinski definition) is 3. The van der Waals surface area contributed by atoms with Crippen LogP contribution in [-0.2, 0) is 0 Å². The molecular weight excluding hydrogens is 318 g/mol. The van der Waals surface area contributed by atoms with Crippen LogP contribution < -0.4 is 0 Å². The van der Waals surface area contributed by atoms with Crippen LogP contribution in [-0.4, -0.2) is 11.1 Å². The average molecular weight is 345 g/mol. The lowest BCUT2D eigenvalue weighted by molar-refractivity contribution is 0.116. The zero-order valence-corrected chi connectivity index (χ0v) is 15.7. The van der Waals surface area contributed by atoms with Crippen molar-refractivity contribution in [3.05, 3.63) is 76.9 Å². The van der Waals surface area contributed by atoms with E-state index >= 15 is 0 Å². The second-order valence-electron chi connectivity index (χ2n) is 7.63. The Kier molecular flexibility index (Phi) is 4.87. The van der Waals surface area contributed by atoms with Gasteiger partial charge in [0, 0.05) is 11.6 Å². The summed E-state index contributed by atoms with van der Waals surface area (Å²) in [6.07, 6.45) is 8.67. The predicted molar refractivity (Wildman–Crippen MR) is 107 cm³/mol. The number of nitrogens with zero attached hydrogens (tertiary/aromatic N) is 3. The predicted octanol–water partition coefficient (Wildman–Crippen LogP) is 6.40. The van der Waals surface area contributed by atoms with Gasteiger partial charge in [0.1, 0.15) is 0 Å². The lowest BCUT2D eigenvalue weighted by Crippen LogP contribution is -2.36. The van der Waals surface area contributed by atoms with E-state index < -0.39 is 0 Å². The Bertz CT molecular complexity index is 796. The van der Waals surface area contributed by atoms with Gasteiger partial charge in [-0.1, -0.05) is 84.1 Å². The van der Waals surface area contributed by atoms with E-state index in [4.69, 9.17) is 5.22 Å². The molecule has 0 radical (unpaired) electrons. The van der Waals surface area contributed by atoms with E-state index in [9.17, 15) is 0 Å². The monoisotopic (exact) mass is 345 g/mol. The fourth-order valence-electron chi connectivity index (χ4n) is 3.95. The third-order valence-corrected chi connectivity index (χ3v) is 5.57. The minimum absolute atomic E-state index is 0.160. The molecule has 1 saturated carbocycles. The molecule has 3 heteroatoms. The van der Waals surface area contributed by atoms with Crippen LogP contribution in [0.3, 0.4) is 0 Å². The maximum Gasteiger partial charge on any atom is 0.0945 e. The molecule has 2 aliphatic rings. The number of hydrogen-bond donors (Lipinski definition) is 0. The van der Waals surface area contributed by atoms with E-state index in [0.717, 1.165) is 11.3 Å². The molecule has 1 fully saturated rings. The Balaban J connectivity index is 1.69. The first kappa shape index (κ1) is 17.0. The molecule has 0 N–H and O–H groups in total. The van der Waals surface area contributed by atoms with Crippen molar-refractivity contribution >= 4 is 5.70 Å². The molecule has 0 bridgehead atoms. The number of rotatable bonds is 3. The lowest BCUT2D eigenvalue weighted by atomic mass is 9.92. The smallest absolute Gasteiger partial charge is 0.0945 e. The summed E-state index contributed by atoms with van der Waals surface area (Å²) < 4.78 is 0. The molecule has 0 amide bonds. The van der Waals surface area contributed by atoms with Crippen molar-refractivity contribution in [2.75, 3.05) is 0 Å². The molecule has 0 spiro atoms. The fraction of sp³-hybridized carbons (Fsp3) is 0.391. The van der Waals surface area contributed by atoms with Crippen LogP contribution in [0.15, 0.2) is 64.9 Å². The van der Waals surface area contributed by atoms with Gasteiger partial charge in [-0.15, -0.1) is 5.11 Å². The molecule has 2 aromatic carbocycles. The summed E-state index contributed by atoms with van der Waals surface area (Å²) in [5.41, 5.74) is 5.96. The first-order valence-electron chi connectivity index (χ1n) is 9.76. The van der Waals surface area contributed by atoms with Gasteiger partial charge in [-0.3, -0.25) is 5.01 Å². The van der Waals surface area contributed by atoms with Gasteiger partial charge in [0.15, 0.2) is 0 Å². The Morgan fingerprint density at radius 3 is 2.08 bits per heavy atom. The molecule has 1 aliphatic carbocycles. The van der Waals surface area contributed by atoms with E-state index in [1.165, 1.54) is 48.8 Å². The van der Waals surface area contributed by atoms with E-state index in [1.54, 1.807) is 0 Å². The van der Waals surface area contributed by atoms with Gasteiger partial charge in [0.2, 0.25) is 0 Å². The first-order chi connectivity index (χ1) is 12.7. The van der Waals surface area contributed by atoms with Crippen LogP contribution >= 0.6 is 0 Å². The van der Waals surface area contributed by atoms with E-state index in [-0.39, 0.29) is 6.04 Å². The molecular formula is C23H27N3. The molecule has 4 rings (SSSR count). The molecule has 2 aromatic rings. The minimum Gasteiger partial charge on any atom is -0.264 e. The number of aryl methyl sites for hydroxylation is 2. The second-order valence-corrected chi connectivity index (χ2v) is 7.63. The van der Waals surface area contributed by atoms with Gasteiger partial charge in [-0.05, 0) is 38.3 Å². The van der Waals surface area contributed by atoms with Gasteiger partial charge in [-0.25, -0.2) is 0 Å². The SMILES string of the molecule is Cc1ccc(C2=CC(c3ccc(C)cc3)N(C3CCCCC3)N=N2)cc1. The highest BCUT2D eigenvalue weighted by Gasteiger charge is 2.29. The molecule has 26 heavy (non-hydrogen) atoms. The molecule has 1 heterocycles. The molecule has 1 aliphatic heterocycles. The minimum atomic E-state index is 0.160. The van der Waals surface area contributed by atoms with E-state index in [0.29, 0.717) is 6.04 Å². The topological polar surface area (TPSA) is 28.0 Å². The highest BCUT2D eigenvalue weighted by Crippen LogP contribution is 2.37.